The van der Waals surface area contributed by atoms with Gasteiger partial charge >= 0.3 is 0 Å². The molecule has 7 heteroatoms. The van der Waals surface area contributed by atoms with Crippen LogP contribution < -0.4 is 10.6 Å². The van der Waals surface area contributed by atoms with Crippen molar-refractivity contribution in [2.45, 2.75) is 39.9 Å². The van der Waals surface area contributed by atoms with Gasteiger partial charge in [0.2, 0.25) is 0 Å². The third-order valence-corrected chi connectivity index (χ3v) is 3.73. The first-order chi connectivity index (χ1) is 11.3. The van der Waals surface area contributed by atoms with Gasteiger partial charge in [0.1, 0.15) is 5.82 Å². The van der Waals surface area contributed by atoms with Crippen molar-refractivity contribution in [1.82, 2.24) is 10.6 Å². The minimum atomic E-state index is -0.740. The molecule has 0 heterocycles. The van der Waals surface area contributed by atoms with Crippen molar-refractivity contribution in [3.63, 3.8) is 0 Å². The molecule has 1 rings (SSSR count). The van der Waals surface area contributed by atoms with Gasteiger partial charge in [0.05, 0.1) is 18.8 Å². The van der Waals surface area contributed by atoms with Crippen molar-refractivity contribution in [3.8, 4) is 0 Å². The van der Waals surface area contributed by atoms with Crippen molar-refractivity contribution in [1.29, 1.82) is 0 Å². The van der Waals surface area contributed by atoms with E-state index in [1.807, 2.05) is 6.92 Å². The predicted molar refractivity (Wildman–Crippen MR) is 111 cm³/mol. The Morgan fingerprint density at radius 3 is 2.32 bits per heavy atom. The Bertz CT molecular complexity index is 518. The Morgan fingerprint density at radius 2 is 1.84 bits per heavy atom. The lowest BCUT2D eigenvalue weighted by Gasteiger charge is -2.28. The SMILES string of the molecule is CCNC(=NCC(OC)C(C)(C)C)NCC(O)c1ccc(F)cc1.I. The highest BCUT2D eigenvalue weighted by atomic mass is 127. The lowest BCUT2D eigenvalue weighted by atomic mass is 9.89. The third kappa shape index (κ3) is 8.82. The van der Waals surface area contributed by atoms with E-state index in [4.69, 9.17) is 4.74 Å². The molecule has 0 radical (unpaired) electrons. The summed E-state index contributed by atoms with van der Waals surface area (Å²) in [5.74, 6) is 0.298. The number of hydrogen-bond donors (Lipinski definition) is 3. The van der Waals surface area contributed by atoms with Gasteiger partial charge < -0.3 is 20.5 Å². The number of rotatable bonds is 7. The second kappa shape index (κ2) is 11.6. The number of aliphatic hydroxyl groups is 1. The highest BCUT2D eigenvalue weighted by Crippen LogP contribution is 2.21. The number of hydrogen-bond acceptors (Lipinski definition) is 3. The normalized spacial score (nSPS) is 14.4. The number of nitrogens with one attached hydrogen (secondary N) is 2. The van der Waals surface area contributed by atoms with Crippen LogP contribution in [-0.2, 0) is 4.74 Å². The van der Waals surface area contributed by atoms with Crippen molar-refractivity contribution < 1.29 is 14.2 Å². The summed E-state index contributed by atoms with van der Waals surface area (Å²) in [4.78, 5) is 4.53. The van der Waals surface area contributed by atoms with Gasteiger partial charge in [-0.1, -0.05) is 32.9 Å². The number of guanidine groups is 1. The Labute approximate surface area is 167 Å². The molecular weight excluding hydrogens is 436 g/mol. The maximum Gasteiger partial charge on any atom is 0.191 e. The summed E-state index contributed by atoms with van der Waals surface area (Å²) >= 11 is 0. The maximum absolute atomic E-state index is 12.9. The molecule has 3 N–H and O–H groups in total. The smallest absolute Gasteiger partial charge is 0.191 e. The van der Waals surface area contributed by atoms with E-state index >= 15 is 0 Å². The Hall–Kier alpha value is -0.930. The molecular formula is C18H31FIN3O2. The number of halogens is 2. The molecule has 0 aromatic heterocycles. The first-order valence-corrected chi connectivity index (χ1v) is 8.26. The molecule has 0 amide bonds. The molecule has 0 fully saturated rings. The van der Waals surface area contributed by atoms with E-state index in [2.05, 4.69) is 36.4 Å². The van der Waals surface area contributed by atoms with Crippen molar-refractivity contribution in [2.24, 2.45) is 10.4 Å². The summed E-state index contributed by atoms with van der Waals surface area (Å²) in [6, 6.07) is 5.83. The van der Waals surface area contributed by atoms with Crippen LogP contribution in [0.2, 0.25) is 0 Å². The predicted octanol–water partition coefficient (Wildman–Crippen LogP) is 3.09. The zero-order chi connectivity index (χ0) is 18.2. The zero-order valence-corrected chi connectivity index (χ0v) is 18.0. The fraction of sp³-hybridized carbons (Fsp3) is 0.611. The van der Waals surface area contributed by atoms with Gasteiger partial charge in [-0.15, -0.1) is 24.0 Å². The number of methoxy groups -OCH3 is 1. The van der Waals surface area contributed by atoms with E-state index in [-0.39, 0.29) is 47.9 Å². The van der Waals surface area contributed by atoms with E-state index < -0.39 is 6.10 Å². The largest absolute Gasteiger partial charge is 0.387 e. The quantitative estimate of drug-likeness (QED) is 0.328. The van der Waals surface area contributed by atoms with E-state index in [1.54, 1.807) is 19.2 Å². The number of aliphatic hydroxyl groups excluding tert-OH is 1. The first-order valence-electron chi connectivity index (χ1n) is 8.26. The molecule has 144 valence electrons. The van der Waals surface area contributed by atoms with Gasteiger partial charge in [-0.2, -0.15) is 0 Å². The second-order valence-electron chi connectivity index (χ2n) is 6.76. The fourth-order valence-corrected chi connectivity index (χ4v) is 2.21. The summed E-state index contributed by atoms with van der Waals surface area (Å²) in [7, 11) is 1.68. The molecule has 0 aliphatic heterocycles. The Kier molecular flexibility index (Phi) is 11.2. The van der Waals surface area contributed by atoms with E-state index in [0.29, 0.717) is 24.6 Å². The van der Waals surface area contributed by atoms with Crippen LogP contribution in [0.5, 0.6) is 0 Å². The van der Waals surface area contributed by atoms with Crippen molar-refractivity contribution >= 4 is 29.9 Å². The Balaban J connectivity index is 0.00000576. The molecule has 1 aromatic rings. The molecule has 0 bridgehead atoms. The molecule has 0 aliphatic carbocycles. The van der Waals surface area contributed by atoms with E-state index in [0.717, 1.165) is 0 Å². The average Bonchev–Trinajstić information content (AvgIpc) is 2.52. The lowest BCUT2D eigenvalue weighted by molar-refractivity contribution is 0.0241. The van der Waals surface area contributed by atoms with Crippen LogP contribution in [0, 0.1) is 11.2 Å². The third-order valence-electron chi connectivity index (χ3n) is 3.73. The molecule has 0 saturated carbocycles. The molecule has 2 atom stereocenters. The first kappa shape index (κ1) is 24.1. The van der Waals surface area contributed by atoms with Gasteiger partial charge in [0.15, 0.2) is 5.96 Å². The highest BCUT2D eigenvalue weighted by Gasteiger charge is 2.24. The van der Waals surface area contributed by atoms with E-state index in [1.165, 1.54) is 12.1 Å². The second-order valence-corrected chi connectivity index (χ2v) is 6.76. The van der Waals surface area contributed by atoms with Crippen LogP contribution >= 0.6 is 24.0 Å². The number of aliphatic imine (C=N–C) groups is 1. The van der Waals surface area contributed by atoms with Crippen LogP contribution in [0.4, 0.5) is 4.39 Å². The minimum Gasteiger partial charge on any atom is -0.387 e. The van der Waals surface area contributed by atoms with Crippen molar-refractivity contribution in [3.05, 3.63) is 35.6 Å². The summed E-state index contributed by atoms with van der Waals surface area (Å²) in [6.07, 6.45) is -0.745. The van der Waals surface area contributed by atoms with Crippen LogP contribution in [0.3, 0.4) is 0 Å². The molecule has 2 unspecified atom stereocenters. The standard InChI is InChI=1S/C18H30FN3O2.HI/c1-6-20-17(22-12-16(24-5)18(2,3)4)21-11-15(23)13-7-9-14(19)10-8-13;/h7-10,15-16,23H,6,11-12H2,1-5H3,(H2,20,21,22);1H. The number of nitrogens with zero attached hydrogens (tertiary/aromatic N) is 1. The fourth-order valence-electron chi connectivity index (χ4n) is 2.21. The summed E-state index contributed by atoms with van der Waals surface area (Å²) in [5.41, 5.74) is 0.646. The van der Waals surface area contributed by atoms with Crippen LogP contribution in [0.25, 0.3) is 0 Å². The van der Waals surface area contributed by atoms with Gasteiger partial charge in [0.25, 0.3) is 0 Å². The average molecular weight is 467 g/mol. The summed E-state index contributed by atoms with van der Waals surface area (Å²) in [5, 5.41) is 16.4. The topological polar surface area (TPSA) is 65.9 Å². The zero-order valence-electron chi connectivity index (χ0n) is 15.7. The minimum absolute atomic E-state index is 0. The number of ether oxygens (including phenoxy) is 1. The van der Waals surface area contributed by atoms with Crippen LogP contribution in [0.15, 0.2) is 29.3 Å². The van der Waals surface area contributed by atoms with Gasteiger partial charge in [0, 0.05) is 20.2 Å². The Morgan fingerprint density at radius 1 is 1.24 bits per heavy atom. The van der Waals surface area contributed by atoms with Crippen LogP contribution in [0.1, 0.15) is 39.4 Å². The number of benzene rings is 1. The van der Waals surface area contributed by atoms with E-state index in [9.17, 15) is 9.50 Å². The maximum atomic E-state index is 12.9. The van der Waals surface area contributed by atoms with Crippen molar-refractivity contribution in [2.75, 3.05) is 26.7 Å². The summed E-state index contributed by atoms with van der Waals surface area (Å²) in [6.45, 7) is 9.81. The molecule has 0 aliphatic rings. The molecule has 5 nitrogen and oxygen atoms in total. The lowest BCUT2D eigenvalue weighted by Crippen LogP contribution is -2.41. The summed E-state index contributed by atoms with van der Waals surface area (Å²) < 4.78 is 18.4. The van der Waals surface area contributed by atoms with Gasteiger partial charge in [-0.3, -0.25) is 4.99 Å². The molecule has 0 spiro atoms. The molecule has 0 saturated heterocycles. The van der Waals surface area contributed by atoms with Crippen LogP contribution in [-0.4, -0.2) is 43.9 Å². The van der Waals surface area contributed by atoms with Gasteiger partial charge in [-0.25, -0.2) is 4.39 Å². The monoisotopic (exact) mass is 467 g/mol. The molecule has 25 heavy (non-hydrogen) atoms. The highest BCUT2D eigenvalue weighted by molar-refractivity contribution is 14.0. The molecule has 1 aromatic carbocycles. The van der Waals surface area contributed by atoms with Gasteiger partial charge in [-0.05, 0) is 30.0 Å².